The van der Waals surface area contributed by atoms with Crippen molar-refractivity contribution in [3.8, 4) is 17.1 Å². The quantitative estimate of drug-likeness (QED) is 0.880. The number of nitrogens with zero attached hydrogens (tertiary/aromatic N) is 2. The maximum atomic E-state index is 12.6. The van der Waals surface area contributed by atoms with Crippen LogP contribution in [0, 0.1) is 5.92 Å². The van der Waals surface area contributed by atoms with E-state index in [1.54, 1.807) is 12.1 Å². The molecule has 0 aliphatic carbocycles. The number of hydrogen-bond donors (Lipinski definition) is 1. The summed E-state index contributed by atoms with van der Waals surface area (Å²) in [6, 6.07) is 4.13. The van der Waals surface area contributed by atoms with E-state index in [1.807, 2.05) is 0 Å². The van der Waals surface area contributed by atoms with Crippen molar-refractivity contribution < 1.29 is 18.7 Å². The van der Waals surface area contributed by atoms with Gasteiger partial charge in [-0.2, -0.15) is 4.98 Å². The van der Waals surface area contributed by atoms with Gasteiger partial charge in [-0.05, 0) is 50.9 Å². The molecule has 7 nitrogen and oxygen atoms in total. The molecular weight excluding hydrogens is 342 g/mol. The van der Waals surface area contributed by atoms with Crippen molar-refractivity contribution in [3.63, 3.8) is 0 Å². The topological polar surface area (TPSA) is 76.8 Å². The second-order valence-electron chi connectivity index (χ2n) is 6.48. The van der Waals surface area contributed by atoms with Gasteiger partial charge in [-0.25, -0.2) is 0 Å². The Kier molecular flexibility index (Phi) is 4.39. The van der Waals surface area contributed by atoms with Crippen LogP contribution in [0.3, 0.4) is 0 Å². The lowest BCUT2D eigenvalue weighted by atomic mass is 9.79. The van der Waals surface area contributed by atoms with Crippen molar-refractivity contribution in [3.05, 3.63) is 23.2 Å². The summed E-state index contributed by atoms with van der Waals surface area (Å²) in [5.74, 6) is 0.815. The van der Waals surface area contributed by atoms with Gasteiger partial charge in [-0.15, -0.1) is 0 Å². The van der Waals surface area contributed by atoms with Crippen molar-refractivity contribution >= 4 is 17.2 Å². The lowest BCUT2D eigenvalue weighted by Gasteiger charge is -2.49. The summed E-state index contributed by atoms with van der Waals surface area (Å²) in [6.07, 6.45) is 3.86. The molecule has 3 fully saturated rings. The molecule has 3 saturated heterocycles. The van der Waals surface area contributed by atoms with E-state index in [0.29, 0.717) is 21.9 Å². The molecule has 1 N–H and O–H groups in total. The summed E-state index contributed by atoms with van der Waals surface area (Å²) in [4.78, 5) is 19.7. The zero-order valence-electron chi connectivity index (χ0n) is 14.2. The smallest absolute Gasteiger partial charge is 0.403 e. The monoisotopic (exact) mass is 363 g/mol. The van der Waals surface area contributed by atoms with E-state index in [-0.39, 0.29) is 24.0 Å². The average Bonchev–Trinajstić information content (AvgIpc) is 3.28. The lowest BCUT2D eigenvalue weighted by Crippen LogP contribution is -2.62. The maximum Gasteiger partial charge on any atom is 0.403 e. The highest BCUT2D eigenvalue weighted by molar-refractivity contribution is 7.15. The molecular formula is C17H21N3O4S. The third kappa shape index (κ3) is 3.23. The highest BCUT2D eigenvalue weighted by Gasteiger charge is 2.40. The number of rotatable bonds is 5. The zero-order valence-corrected chi connectivity index (χ0v) is 15.0. The third-order valence-corrected chi connectivity index (χ3v) is 6.10. The number of fused-ring (bicyclic) bond motifs is 3. The highest BCUT2D eigenvalue weighted by Crippen LogP contribution is 2.34. The van der Waals surface area contributed by atoms with Crippen molar-refractivity contribution in [1.29, 1.82) is 0 Å². The largest absolute Gasteiger partial charge is 0.467 e. The van der Waals surface area contributed by atoms with Gasteiger partial charge < -0.3 is 19.2 Å². The van der Waals surface area contributed by atoms with Crippen LogP contribution in [-0.4, -0.2) is 48.1 Å². The predicted molar refractivity (Wildman–Crippen MR) is 92.5 cm³/mol. The molecule has 3 aliphatic heterocycles. The minimum Gasteiger partial charge on any atom is -0.467 e. The van der Waals surface area contributed by atoms with Gasteiger partial charge in [-0.1, -0.05) is 11.3 Å². The van der Waals surface area contributed by atoms with Gasteiger partial charge in [0.15, 0.2) is 5.06 Å². The normalized spacial score (nSPS) is 27.9. The number of aromatic nitrogens is 1. The third-order valence-electron chi connectivity index (χ3n) is 5.13. The van der Waals surface area contributed by atoms with Gasteiger partial charge in [0.05, 0.1) is 12.0 Å². The minimum absolute atomic E-state index is 0.0459. The number of thiophene rings is 1. The first-order chi connectivity index (χ1) is 12.1. The van der Waals surface area contributed by atoms with E-state index in [1.165, 1.54) is 37.5 Å². The van der Waals surface area contributed by atoms with Crippen LogP contribution >= 0.6 is 11.3 Å². The van der Waals surface area contributed by atoms with Crippen molar-refractivity contribution in [2.45, 2.75) is 31.8 Å². The van der Waals surface area contributed by atoms with Crippen LogP contribution in [0.2, 0.25) is 0 Å². The molecule has 2 aromatic rings. The Morgan fingerprint density at radius 3 is 2.88 bits per heavy atom. The van der Waals surface area contributed by atoms with E-state index < -0.39 is 0 Å². The molecule has 25 heavy (non-hydrogen) atoms. The Hall–Kier alpha value is -2.06. The highest BCUT2D eigenvalue weighted by atomic mass is 32.1. The number of carbonyl (C=O) groups is 1. The molecule has 134 valence electrons. The fourth-order valence-electron chi connectivity index (χ4n) is 3.74. The standard InChI is InChI=1S/C17H21N3O4S/c1-10-15(11-5-7-20(10)8-6-11)19-16(21)12-3-4-14(25-12)24-17-18-9-13(22-2)23-17/h3-4,9-11,15H,5-8H2,1-2H3,(H,19,21)/t10-,15-/m0/s1. The molecule has 0 spiro atoms. The van der Waals surface area contributed by atoms with Gasteiger partial charge in [0.2, 0.25) is 0 Å². The second-order valence-corrected chi connectivity index (χ2v) is 7.53. The molecule has 5 rings (SSSR count). The van der Waals surface area contributed by atoms with Crippen molar-refractivity contribution in [2.75, 3.05) is 20.2 Å². The molecule has 0 saturated carbocycles. The van der Waals surface area contributed by atoms with E-state index in [0.717, 1.165) is 13.1 Å². The second kappa shape index (κ2) is 6.68. The Bertz CT molecular complexity index is 749. The summed E-state index contributed by atoms with van der Waals surface area (Å²) >= 11 is 1.27. The van der Waals surface area contributed by atoms with Crippen molar-refractivity contribution in [2.24, 2.45) is 5.92 Å². The van der Waals surface area contributed by atoms with E-state index in [9.17, 15) is 4.79 Å². The van der Waals surface area contributed by atoms with Gasteiger partial charge in [0.25, 0.3) is 5.91 Å². The first-order valence-corrected chi connectivity index (χ1v) is 9.28. The summed E-state index contributed by atoms with van der Waals surface area (Å²) in [5.41, 5.74) is 0. The van der Waals surface area contributed by atoms with Gasteiger partial charge in [0.1, 0.15) is 6.20 Å². The number of oxazole rings is 1. The zero-order chi connectivity index (χ0) is 17.4. The van der Waals surface area contributed by atoms with E-state index in [4.69, 9.17) is 13.9 Å². The molecule has 2 aromatic heterocycles. The summed E-state index contributed by atoms with van der Waals surface area (Å²) in [5, 5.41) is 3.77. The summed E-state index contributed by atoms with van der Waals surface area (Å²) in [7, 11) is 1.49. The molecule has 2 bridgehead atoms. The van der Waals surface area contributed by atoms with Crippen LogP contribution in [-0.2, 0) is 0 Å². The van der Waals surface area contributed by atoms with Crippen LogP contribution in [0.25, 0.3) is 0 Å². The van der Waals surface area contributed by atoms with Crippen molar-refractivity contribution in [1.82, 2.24) is 15.2 Å². The predicted octanol–water partition coefficient (Wildman–Crippen LogP) is 2.75. The average molecular weight is 363 g/mol. The summed E-state index contributed by atoms with van der Waals surface area (Å²) < 4.78 is 15.7. The van der Waals surface area contributed by atoms with Crippen LogP contribution in [0.4, 0.5) is 0 Å². The number of carbonyl (C=O) groups excluding carboxylic acids is 1. The first kappa shape index (κ1) is 16.4. The maximum absolute atomic E-state index is 12.6. The molecule has 0 radical (unpaired) electrons. The van der Waals surface area contributed by atoms with Crippen LogP contribution in [0.5, 0.6) is 17.1 Å². The Balaban J connectivity index is 1.40. The lowest BCUT2D eigenvalue weighted by molar-refractivity contribution is 0.0218. The number of piperidine rings is 3. The van der Waals surface area contributed by atoms with Gasteiger partial charge in [0, 0.05) is 12.1 Å². The Morgan fingerprint density at radius 1 is 1.40 bits per heavy atom. The molecule has 3 aliphatic rings. The molecule has 8 heteroatoms. The molecule has 2 atom stereocenters. The Labute approximate surface area is 149 Å². The number of ether oxygens (including phenoxy) is 2. The molecule has 5 heterocycles. The van der Waals surface area contributed by atoms with Gasteiger partial charge in [-0.3, -0.25) is 9.69 Å². The molecule has 1 amide bonds. The number of hydrogen-bond acceptors (Lipinski definition) is 7. The number of nitrogens with one attached hydrogen (secondary N) is 1. The molecule has 0 aromatic carbocycles. The fourth-order valence-corrected chi connectivity index (χ4v) is 4.49. The fraction of sp³-hybridized carbons (Fsp3) is 0.529. The van der Waals surface area contributed by atoms with E-state index in [2.05, 4.69) is 22.1 Å². The number of amides is 1. The van der Waals surface area contributed by atoms with Crippen LogP contribution < -0.4 is 14.8 Å². The van der Waals surface area contributed by atoms with Gasteiger partial charge >= 0.3 is 12.0 Å². The first-order valence-electron chi connectivity index (χ1n) is 8.46. The Morgan fingerprint density at radius 2 is 2.20 bits per heavy atom. The van der Waals surface area contributed by atoms with Crippen LogP contribution in [0.1, 0.15) is 29.4 Å². The van der Waals surface area contributed by atoms with E-state index >= 15 is 0 Å². The SMILES string of the molecule is COc1cnc(Oc2ccc(C(=O)N[C@@H]3C4CCN(CC4)[C@H]3C)s2)o1. The number of methoxy groups -OCH3 is 1. The molecule has 0 unspecified atom stereocenters. The minimum atomic E-state index is -0.0459. The van der Waals surface area contributed by atoms with Crippen LogP contribution in [0.15, 0.2) is 22.7 Å². The summed E-state index contributed by atoms with van der Waals surface area (Å²) in [6.45, 7) is 4.50.